The van der Waals surface area contributed by atoms with E-state index in [9.17, 15) is 4.79 Å². The second kappa shape index (κ2) is 10.7. The number of unbranched alkanes of at least 4 members (excludes halogenated alkanes) is 1. The molecular formula is C22H30N6O3. The SMILES string of the molecule is COCCOc1ccc2c(c1)nc(NCCCCNC(=O)C=C(C)C)c1nnc(C)n12. The first kappa shape index (κ1) is 22.5. The molecule has 1 aromatic carbocycles. The molecule has 0 saturated heterocycles. The summed E-state index contributed by atoms with van der Waals surface area (Å²) in [5, 5.41) is 14.8. The van der Waals surface area contributed by atoms with Gasteiger partial charge in [-0.2, -0.15) is 0 Å². The van der Waals surface area contributed by atoms with Crippen LogP contribution in [0.1, 0.15) is 32.5 Å². The first-order valence-electron chi connectivity index (χ1n) is 10.4. The molecular weight excluding hydrogens is 396 g/mol. The van der Waals surface area contributed by atoms with Gasteiger partial charge < -0.3 is 20.1 Å². The van der Waals surface area contributed by atoms with Gasteiger partial charge >= 0.3 is 0 Å². The highest BCUT2D eigenvalue weighted by Crippen LogP contribution is 2.25. The van der Waals surface area contributed by atoms with E-state index < -0.39 is 0 Å². The van der Waals surface area contributed by atoms with E-state index in [4.69, 9.17) is 14.5 Å². The number of ether oxygens (including phenoxy) is 2. The van der Waals surface area contributed by atoms with Crippen LogP contribution in [0.2, 0.25) is 0 Å². The number of aromatic nitrogens is 4. The third kappa shape index (κ3) is 5.91. The highest BCUT2D eigenvalue weighted by Gasteiger charge is 2.13. The first-order valence-corrected chi connectivity index (χ1v) is 10.4. The maximum atomic E-state index is 11.6. The monoisotopic (exact) mass is 426 g/mol. The van der Waals surface area contributed by atoms with Gasteiger partial charge in [-0.3, -0.25) is 9.20 Å². The zero-order chi connectivity index (χ0) is 22.2. The normalized spacial score (nSPS) is 11.0. The fourth-order valence-electron chi connectivity index (χ4n) is 3.19. The van der Waals surface area contributed by atoms with Gasteiger partial charge in [0, 0.05) is 32.3 Å². The standard InChI is InChI=1S/C22H30N6O3/c1-15(2)13-20(29)23-9-5-6-10-24-21-22-27-26-16(3)28(22)19-8-7-17(14-18(19)25-21)31-12-11-30-4/h7-8,13-14H,5-6,9-12H2,1-4H3,(H,23,29)(H,24,25). The van der Waals surface area contributed by atoms with E-state index in [1.165, 1.54) is 0 Å². The van der Waals surface area contributed by atoms with Crippen molar-refractivity contribution in [3.8, 4) is 5.75 Å². The molecule has 0 bridgehead atoms. The molecule has 0 unspecified atom stereocenters. The quantitative estimate of drug-likeness (QED) is 0.359. The molecule has 0 aliphatic rings. The van der Waals surface area contributed by atoms with Crippen molar-refractivity contribution in [2.24, 2.45) is 0 Å². The Morgan fingerprint density at radius 2 is 1.97 bits per heavy atom. The summed E-state index contributed by atoms with van der Waals surface area (Å²) >= 11 is 0. The van der Waals surface area contributed by atoms with Crippen molar-refractivity contribution >= 4 is 28.4 Å². The van der Waals surface area contributed by atoms with Gasteiger partial charge in [-0.05, 0) is 45.7 Å². The number of nitrogens with zero attached hydrogens (tertiary/aromatic N) is 4. The summed E-state index contributed by atoms with van der Waals surface area (Å²) in [4.78, 5) is 16.4. The zero-order valence-corrected chi connectivity index (χ0v) is 18.6. The van der Waals surface area contributed by atoms with Crippen LogP contribution in [0.5, 0.6) is 5.75 Å². The minimum absolute atomic E-state index is 0.0479. The number of rotatable bonds is 11. The van der Waals surface area contributed by atoms with Gasteiger partial charge in [0.15, 0.2) is 5.82 Å². The number of hydrogen-bond acceptors (Lipinski definition) is 7. The summed E-state index contributed by atoms with van der Waals surface area (Å²) in [5.74, 6) is 2.16. The summed E-state index contributed by atoms with van der Waals surface area (Å²) < 4.78 is 12.7. The lowest BCUT2D eigenvalue weighted by Gasteiger charge is -2.11. The Bertz CT molecular complexity index is 1070. The molecule has 1 amide bonds. The minimum atomic E-state index is -0.0479. The topological polar surface area (TPSA) is 103 Å². The number of fused-ring (bicyclic) bond motifs is 3. The fourth-order valence-corrected chi connectivity index (χ4v) is 3.19. The number of aryl methyl sites for hydroxylation is 1. The predicted molar refractivity (Wildman–Crippen MR) is 121 cm³/mol. The maximum Gasteiger partial charge on any atom is 0.243 e. The molecule has 0 saturated carbocycles. The van der Waals surface area contributed by atoms with Crippen LogP contribution < -0.4 is 15.4 Å². The van der Waals surface area contributed by atoms with Crippen LogP contribution in [0.4, 0.5) is 5.82 Å². The molecule has 3 rings (SSSR count). The van der Waals surface area contributed by atoms with Gasteiger partial charge in [-0.25, -0.2) is 4.98 Å². The Balaban J connectivity index is 1.67. The lowest BCUT2D eigenvalue weighted by Crippen LogP contribution is -2.22. The molecule has 0 spiro atoms. The number of amides is 1. The lowest BCUT2D eigenvalue weighted by atomic mass is 10.2. The van der Waals surface area contributed by atoms with Crippen LogP contribution in [0, 0.1) is 6.92 Å². The molecule has 0 aliphatic heterocycles. The van der Waals surface area contributed by atoms with Crippen LogP contribution in [0.3, 0.4) is 0 Å². The summed E-state index contributed by atoms with van der Waals surface area (Å²) in [6, 6.07) is 5.79. The van der Waals surface area contributed by atoms with Crippen molar-refractivity contribution in [1.29, 1.82) is 0 Å². The number of carbonyl (C=O) groups is 1. The number of allylic oxidation sites excluding steroid dienone is 1. The van der Waals surface area contributed by atoms with Gasteiger partial charge in [0.1, 0.15) is 18.2 Å². The molecule has 0 radical (unpaired) electrons. The summed E-state index contributed by atoms with van der Waals surface area (Å²) in [6.07, 6.45) is 3.35. The third-order valence-electron chi connectivity index (χ3n) is 4.63. The molecule has 3 aromatic rings. The molecule has 0 fully saturated rings. The lowest BCUT2D eigenvalue weighted by molar-refractivity contribution is -0.116. The van der Waals surface area contributed by atoms with Gasteiger partial charge in [0.2, 0.25) is 11.6 Å². The third-order valence-corrected chi connectivity index (χ3v) is 4.63. The van der Waals surface area contributed by atoms with E-state index in [0.717, 1.165) is 41.0 Å². The molecule has 9 heteroatoms. The molecule has 9 nitrogen and oxygen atoms in total. The van der Waals surface area contributed by atoms with Crippen molar-refractivity contribution < 1.29 is 14.3 Å². The minimum Gasteiger partial charge on any atom is -0.491 e. The van der Waals surface area contributed by atoms with Crippen LogP contribution in [-0.2, 0) is 9.53 Å². The maximum absolute atomic E-state index is 11.6. The molecule has 0 aliphatic carbocycles. The van der Waals surface area contributed by atoms with Crippen LogP contribution >= 0.6 is 0 Å². The fraction of sp³-hybridized carbons (Fsp3) is 0.455. The molecule has 0 atom stereocenters. The second-order valence-electron chi connectivity index (χ2n) is 7.51. The molecule has 166 valence electrons. The smallest absolute Gasteiger partial charge is 0.243 e. The average molecular weight is 427 g/mol. The van der Waals surface area contributed by atoms with Crippen molar-refractivity contribution in [2.75, 3.05) is 38.7 Å². The number of anilines is 1. The second-order valence-corrected chi connectivity index (χ2v) is 7.51. The van der Waals surface area contributed by atoms with Crippen molar-refractivity contribution in [3.63, 3.8) is 0 Å². The number of methoxy groups -OCH3 is 1. The molecule has 2 heterocycles. The number of hydrogen-bond donors (Lipinski definition) is 2. The van der Waals surface area contributed by atoms with E-state index in [-0.39, 0.29) is 5.91 Å². The molecule has 2 aromatic heterocycles. The van der Waals surface area contributed by atoms with Gasteiger partial charge in [0.25, 0.3) is 0 Å². The Kier molecular flexibility index (Phi) is 7.77. The highest BCUT2D eigenvalue weighted by molar-refractivity contribution is 5.88. The van der Waals surface area contributed by atoms with Crippen LogP contribution in [-0.4, -0.2) is 58.9 Å². The Morgan fingerprint density at radius 3 is 2.74 bits per heavy atom. The van der Waals surface area contributed by atoms with Crippen LogP contribution in [0.25, 0.3) is 16.7 Å². The average Bonchev–Trinajstić information content (AvgIpc) is 3.12. The van der Waals surface area contributed by atoms with E-state index in [1.807, 2.05) is 43.4 Å². The zero-order valence-electron chi connectivity index (χ0n) is 18.6. The van der Waals surface area contributed by atoms with Crippen molar-refractivity contribution in [1.82, 2.24) is 24.9 Å². The highest BCUT2D eigenvalue weighted by atomic mass is 16.5. The Labute approximate surface area is 181 Å². The number of nitrogens with one attached hydrogen (secondary N) is 2. The predicted octanol–water partition coefficient (Wildman–Crippen LogP) is 2.89. The summed E-state index contributed by atoms with van der Waals surface area (Å²) in [5.41, 5.74) is 3.39. The molecule has 2 N–H and O–H groups in total. The Hall–Kier alpha value is -3.20. The van der Waals surface area contributed by atoms with Crippen molar-refractivity contribution in [2.45, 2.75) is 33.6 Å². The number of benzene rings is 1. The summed E-state index contributed by atoms with van der Waals surface area (Å²) in [6.45, 7) is 8.08. The van der Waals surface area contributed by atoms with Gasteiger partial charge in [-0.15, -0.1) is 10.2 Å². The van der Waals surface area contributed by atoms with E-state index in [2.05, 4.69) is 20.8 Å². The van der Waals surface area contributed by atoms with Crippen LogP contribution in [0.15, 0.2) is 29.8 Å². The number of carbonyl (C=O) groups excluding carboxylic acids is 1. The van der Waals surface area contributed by atoms with E-state index >= 15 is 0 Å². The van der Waals surface area contributed by atoms with E-state index in [1.54, 1.807) is 13.2 Å². The van der Waals surface area contributed by atoms with Crippen molar-refractivity contribution in [3.05, 3.63) is 35.7 Å². The first-order chi connectivity index (χ1) is 15.0. The summed E-state index contributed by atoms with van der Waals surface area (Å²) in [7, 11) is 1.64. The Morgan fingerprint density at radius 1 is 1.16 bits per heavy atom. The van der Waals surface area contributed by atoms with E-state index in [0.29, 0.717) is 37.8 Å². The van der Waals surface area contributed by atoms with Gasteiger partial charge in [0.05, 0.1) is 17.6 Å². The largest absolute Gasteiger partial charge is 0.491 e. The van der Waals surface area contributed by atoms with Gasteiger partial charge in [-0.1, -0.05) is 5.57 Å². The molecule has 31 heavy (non-hydrogen) atoms.